The Labute approximate surface area is 163 Å². The molecule has 0 aliphatic carbocycles. The van der Waals surface area contributed by atoms with Crippen LogP contribution in [0.4, 0.5) is 5.95 Å². The average Bonchev–Trinajstić information content (AvgIpc) is 3.04. The molecule has 1 N–H and O–H groups in total. The largest absolute Gasteiger partial charge is 0.334 e. The van der Waals surface area contributed by atoms with E-state index in [-0.39, 0.29) is 11.2 Å². The number of quaternary nitrogens is 1. The van der Waals surface area contributed by atoms with Crippen LogP contribution in [0, 0.1) is 6.92 Å². The van der Waals surface area contributed by atoms with E-state index in [1.165, 1.54) is 22.1 Å². The zero-order valence-corrected chi connectivity index (χ0v) is 16.9. The van der Waals surface area contributed by atoms with Gasteiger partial charge in [0.05, 0.1) is 39.8 Å². The lowest BCUT2D eigenvalue weighted by Crippen LogP contribution is -3.12. The number of hydrogen-bond donors (Lipinski definition) is 1. The molecule has 0 atom stereocenters. The van der Waals surface area contributed by atoms with Crippen molar-refractivity contribution >= 4 is 17.1 Å². The highest BCUT2D eigenvalue weighted by atomic mass is 16.2. The van der Waals surface area contributed by atoms with E-state index in [0.717, 1.165) is 42.3 Å². The lowest BCUT2D eigenvalue weighted by atomic mass is 10.1. The fourth-order valence-electron chi connectivity index (χ4n) is 3.91. The third kappa shape index (κ3) is 3.03. The van der Waals surface area contributed by atoms with Crippen molar-refractivity contribution in [1.82, 2.24) is 18.7 Å². The normalized spacial score (nSPS) is 15.5. The second-order valence-electron chi connectivity index (χ2n) is 7.81. The van der Waals surface area contributed by atoms with Crippen molar-refractivity contribution in [3.05, 3.63) is 56.2 Å². The molecule has 3 heterocycles. The predicted molar refractivity (Wildman–Crippen MR) is 109 cm³/mol. The minimum atomic E-state index is -0.355. The van der Waals surface area contributed by atoms with E-state index in [4.69, 9.17) is 4.98 Å². The van der Waals surface area contributed by atoms with Crippen LogP contribution in [-0.2, 0) is 20.6 Å². The predicted octanol–water partition coefficient (Wildman–Crippen LogP) is -0.875. The molecule has 28 heavy (non-hydrogen) atoms. The lowest BCUT2D eigenvalue weighted by molar-refractivity contribution is -0.880. The molecule has 0 spiro atoms. The van der Waals surface area contributed by atoms with Crippen molar-refractivity contribution in [2.24, 2.45) is 14.1 Å². The Balaban J connectivity index is 1.94. The Hall–Kier alpha value is -2.87. The van der Waals surface area contributed by atoms with Crippen molar-refractivity contribution in [1.29, 1.82) is 0 Å². The van der Waals surface area contributed by atoms with Crippen LogP contribution in [0.3, 0.4) is 0 Å². The van der Waals surface area contributed by atoms with E-state index in [0.29, 0.717) is 17.7 Å². The van der Waals surface area contributed by atoms with Gasteiger partial charge in [-0.1, -0.05) is 29.8 Å². The maximum atomic E-state index is 13.0. The van der Waals surface area contributed by atoms with Crippen LogP contribution in [0.25, 0.3) is 11.2 Å². The minimum absolute atomic E-state index is 0.302. The topological polar surface area (TPSA) is 69.5 Å². The molecule has 0 saturated carbocycles. The first-order valence-corrected chi connectivity index (χ1v) is 9.65. The fraction of sp³-hybridized carbons (Fsp3) is 0.450. The molecular formula is C20H27N6O2+. The molecule has 8 nitrogen and oxygen atoms in total. The van der Waals surface area contributed by atoms with Crippen molar-refractivity contribution in [3.63, 3.8) is 0 Å². The number of fused-ring (bicyclic) bond motifs is 1. The van der Waals surface area contributed by atoms with Gasteiger partial charge in [0.15, 0.2) is 11.2 Å². The number of rotatable bonds is 3. The number of aromatic nitrogens is 4. The van der Waals surface area contributed by atoms with Gasteiger partial charge in [0.1, 0.15) is 0 Å². The van der Waals surface area contributed by atoms with Gasteiger partial charge in [0.2, 0.25) is 5.95 Å². The minimum Gasteiger partial charge on any atom is -0.334 e. The molecule has 148 valence electrons. The third-order valence-corrected chi connectivity index (χ3v) is 5.65. The summed E-state index contributed by atoms with van der Waals surface area (Å²) in [5.41, 5.74) is 2.55. The van der Waals surface area contributed by atoms with Crippen LogP contribution in [0.1, 0.15) is 11.1 Å². The molecule has 4 rings (SSSR count). The zero-order chi connectivity index (χ0) is 20.0. The van der Waals surface area contributed by atoms with Gasteiger partial charge in [0.25, 0.3) is 5.56 Å². The fourth-order valence-corrected chi connectivity index (χ4v) is 3.91. The van der Waals surface area contributed by atoms with Crippen molar-refractivity contribution in [2.45, 2.75) is 13.5 Å². The van der Waals surface area contributed by atoms with Gasteiger partial charge >= 0.3 is 5.69 Å². The summed E-state index contributed by atoms with van der Waals surface area (Å²) in [7, 11) is 5.38. The molecule has 1 saturated heterocycles. The Morgan fingerprint density at radius 1 is 1.11 bits per heavy atom. The highest BCUT2D eigenvalue weighted by molar-refractivity contribution is 5.74. The molecule has 3 aromatic rings. The van der Waals surface area contributed by atoms with E-state index in [9.17, 15) is 9.59 Å². The van der Waals surface area contributed by atoms with Gasteiger partial charge in [-0.3, -0.25) is 18.5 Å². The van der Waals surface area contributed by atoms with Gasteiger partial charge in [-0.15, -0.1) is 0 Å². The number of aryl methyl sites for hydroxylation is 2. The van der Waals surface area contributed by atoms with Gasteiger partial charge in [0, 0.05) is 14.1 Å². The van der Waals surface area contributed by atoms with Crippen molar-refractivity contribution in [3.8, 4) is 0 Å². The third-order valence-electron chi connectivity index (χ3n) is 5.65. The van der Waals surface area contributed by atoms with Crippen LogP contribution in [0.2, 0.25) is 0 Å². The summed E-state index contributed by atoms with van der Waals surface area (Å²) in [4.78, 5) is 33.9. The molecule has 2 aromatic heterocycles. The second-order valence-corrected chi connectivity index (χ2v) is 7.81. The first-order valence-electron chi connectivity index (χ1n) is 9.65. The summed E-state index contributed by atoms with van der Waals surface area (Å²) < 4.78 is 4.61. The van der Waals surface area contributed by atoms with Crippen LogP contribution in [-0.4, -0.2) is 51.9 Å². The van der Waals surface area contributed by atoms with E-state index in [1.54, 1.807) is 7.05 Å². The number of nitrogens with one attached hydrogen (secondary N) is 1. The maximum absolute atomic E-state index is 13.0. The highest BCUT2D eigenvalue weighted by Crippen LogP contribution is 2.21. The monoisotopic (exact) mass is 383 g/mol. The van der Waals surface area contributed by atoms with E-state index in [1.807, 2.05) is 10.6 Å². The molecular weight excluding hydrogens is 356 g/mol. The van der Waals surface area contributed by atoms with E-state index in [2.05, 4.69) is 37.1 Å². The summed E-state index contributed by atoms with van der Waals surface area (Å²) in [6.07, 6.45) is 0. The van der Waals surface area contributed by atoms with Gasteiger partial charge in [-0.2, -0.15) is 4.98 Å². The number of anilines is 1. The van der Waals surface area contributed by atoms with E-state index < -0.39 is 0 Å². The lowest BCUT2D eigenvalue weighted by Gasteiger charge is -2.31. The number of hydrogen-bond acceptors (Lipinski definition) is 4. The average molecular weight is 383 g/mol. The Morgan fingerprint density at radius 2 is 1.82 bits per heavy atom. The molecule has 1 aliphatic rings. The Bertz CT molecular complexity index is 1150. The second kappa shape index (κ2) is 6.94. The maximum Gasteiger partial charge on any atom is 0.332 e. The van der Waals surface area contributed by atoms with E-state index >= 15 is 0 Å². The molecule has 0 amide bonds. The summed E-state index contributed by atoms with van der Waals surface area (Å²) in [6.45, 7) is 6.38. The van der Waals surface area contributed by atoms with Crippen LogP contribution < -0.4 is 21.0 Å². The van der Waals surface area contributed by atoms with Gasteiger partial charge in [-0.05, 0) is 12.5 Å². The standard InChI is InChI=1S/C20H26N6O2/c1-14-6-5-7-15(12-14)13-26-16-17(23(3)20(28)24(4)18(16)27)21-19(26)25-10-8-22(2)9-11-25/h5-7,12H,8-11,13H2,1-4H3/p+1. The molecule has 0 unspecified atom stereocenters. The number of benzene rings is 1. The summed E-state index contributed by atoms with van der Waals surface area (Å²) >= 11 is 0. The number of nitrogens with zero attached hydrogens (tertiary/aromatic N) is 5. The zero-order valence-electron chi connectivity index (χ0n) is 16.9. The molecule has 8 heteroatoms. The first-order chi connectivity index (χ1) is 13.4. The molecule has 0 radical (unpaired) electrons. The van der Waals surface area contributed by atoms with Crippen LogP contribution in [0.5, 0.6) is 0 Å². The molecule has 1 aromatic carbocycles. The van der Waals surface area contributed by atoms with Crippen molar-refractivity contribution < 1.29 is 4.90 Å². The Morgan fingerprint density at radius 3 is 2.50 bits per heavy atom. The Kier molecular flexibility index (Phi) is 4.58. The SMILES string of the molecule is Cc1cccc(Cn2c(N3CC[NH+](C)CC3)nc3c2c(=O)n(C)c(=O)n3C)c1. The summed E-state index contributed by atoms with van der Waals surface area (Å²) in [5.74, 6) is 0.766. The van der Waals surface area contributed by atoms with Gasteiger partial charge in [-0.25, -0.2) is 4.79 Å². The highest BCUT2D eigenvalue weighted by Gasteiger charge is 2.26. The van der Waals surface area contributed by atoms with Gasteiger partial charge < -0.3 is 9.80 Å². The molecule has 1 aliphatic heterocycles. The molecule has 0 bridgehead atoms. The number of imidazole rings is 1. The number of likely N-dealkylation sites (N-methyl/N-ethyl adjacent to an activating group) is 1. The quantitative estimate of drug-likeness (QED) is 0.638. The smallest absolute Gasteiger partial charge is 0.332 e. The number of piperazine rings is 1. The first kappa shape index (κ1) is 18.5. The molecule has 1 fully saturated rings. The summed E-state index contributed by atoms with van der Waals surface area (Å²) in [6, 6.07) is 8.26. The van der Waals surface area contributed by atoms with Crippen LogP contribution in [0.15, 0.2) is 33.9 Å². The van der Waals surface area contributed by atoms with Crippen LogP contribution >= 0.6 is 0 Å². The van der Waals surface area contributed by atoms with Crippen molar-refractivity contribution in [2.75, 3.05) is 38.1 Å². The summed E-state index contributed by atoms with van der Waals surface area (Å²) in [5, 5.41) is 0.